The number of nitrogens with one attached hydrogen (secondary N) is 1. The van der Waals surface area contributed by atoms with Crippen LogP contribution in [0, 0.1) is 23.1 Å². The highest BCUT2D eigenvalue weighted by atomic mass is 19.1. The molecule has 2 saturated carbocycles. The summed E-state index contributed by atoms with van der Waals surface area (Å²) in [5, 5.41) is 12.2. The lowest BCUT2D eigenvalue weighted by atomic mass is 9.81. The number of carbonyl (C=O) groups is 2. The van der Waals surface area contributed by atoms with Crippen LogP contribution in [0.15, 0.2) is 24.3 Å². The van der Waals surface area contributed by atoms with Gasteiger partial charge in [-0.05, 0) is 61.1 Å². The Kier molecular flexibility index (Phi) is 4.60. The van der Waals surface area contributed by atoms with Gasteiger partial charge in [-0.15, -0.1) is 0 Å². The monoisotopic (exact) mass is 347 g/mol. The number of halogens is 1. The van der Waals surface area contributed by atoms with E-state index < -0.39 is 11.4 Å². The Balaban J connectivity index is 1.62. The quantitative estimate of drug-likeness (QED) is 0.857. The summed E-state index contributed by atoms with van der Waals surface area (Å²) >= 11 is 0. The third-order valence-electron chi connectivity index (χ3n) is 6.21. The highest BCUT2D eigenvalue weighted by molar-refractivity contribution is 5.93. The van der Waals surface area contributed by atoms with Gasteiger partial charge < -0.3 is 10.4 Å². The van der Waals surface area contributed by atoms with Crippen LogP contribution in [0.4, 0.5) is 4.39 Å². The number of amides is 1. The molecule has 5 heteroatoms. The Bertz CT molecular complexity index is 662. The molecule has 1 amide bonds. The van der Waals surface area contributed by atoms with Gasteiger partial charge in [0.1, 0.15) is 5.82 Å². The molecule has 0 heterocycles. The van der Waals surface area contributed by atoms with Crippen LogP contribution in [0.5, 0.6) is 0 Å². The van der Waals surface area contributed by atoms with E-state index in [0.29, 0.717) is 25.3 Å². The molecule has 1 atom stereocenters. The van der Waals surface area contributed by atoms with E-state index in [-0.39, 0.29) is 23.1 Å². The van der Waals surface area contributed by atoms with E-state index in [9.17, 15) is 14.0 Å². The maximum absolute atomic E-state index is 13.2. The number of hydrogen-bond donors (Lipinski definition) is 2. The van der Waals surface area contributed by atoms with Crippen LogP contribution in [-0.4, -0.2) is 23.5 Å². The molecule has 0 radical (unpaired) electrons. The molecule has 0 saturated heterocycles. The molecule has 3 rings (SSSR count). The van der Waals surface area contributed by atoms with Crippen LogP contribution in [0.2, 0.25) is 0 Å². The minimum absolute atomic E-state index is 0.00414. The van der Waals surface area contributed by atoms with E-state index in [2.05, 4.69) is 19.2 Å². The highest BCUT2D eigenvalue weighted by Gasteiger charge is 2.67. The first-order chi connectivity index (χ1) is 11.8. The van der Waals surface area contributed by atoms with Gasteiger partial charge >= 0.3 is 5.97 Å². The Morgan fingerprint density at radius 2 is 1.72 bits per heavy atom. The largest absolute Gasteiger partial charge is 0.481 e. The van der Waals surface area contributed by atoms with Crippen LogP contribution < -0.4 is 5.32 Å². The molecule has 0 aliphatic heterocycles. The summed E-state index contributed by atoms with van der Waals surface area (Å²) < 4.78 is 13.2. The molecule has 2 fully saturated rings. The van der Waals surface area contributed by atoms with Crippen molar-refractivity contribution in [2.24, 2.45) is 17.3 Å². The van der Waals surface area contributed by atoms with Crippen molar-refractivity contribution in [1.82, 2.24) is 5.32 Å². The Morgan fingerprint density at radius 3 is 2.20 bits per heavy atom. The van der Waals surface area contributed by atoms with Gasteiger partial charge in [0.15, 0.2) is 0 Å². The lowest BCUT2D eigenvalue weighted by molar-refractivity contribution is -0.143. The molecule has 1 aromatic carbocycles. The zero-order valence-electron chi connectivity index (χ0n) is 14.8. The second-order valence-electron chi connectivity index (χ2n) is 8.24. The lowest BCUT2D eigenvalue weighted by Gasteiger charge is -2.27. The van der Waals surface area contributed by atoms with E-state index in [1.54, 1.807) is 12.1 Å². The third kappa shape index (κ3) is 3.29. The first-order valence-corrected chi connectivity index (χ1v) is 9.03. The van der Waals surface area contributed by atoms with Crippen molar-refractivity contribution in [3.8, 4) is 0 Å². The van der Waals surface area contributed by atoms with E-state index >= 15 is 0 Å². The van der Waals surface area contributed by atoms with Crippen molar-refractivity contribution in [3.63, 3.8) is 0 Å². The van der Waals surface area contributed by atoms with Crippen molar-refractivity contribution in [2.45, 2.75) is 51.4 Å². The van der Waals surface area contributed by atoms with Crippen molar-refractivity contribution < 1.29 is 19.1 Å². The van der Waals surface area contributed by atoms with Crippen LogP contribution in [-0.2, 0) is 15.0 Å². The molecule has 0 aromatic heterocycles. The average Bonchev–Trinajstić information content (AvgIpc) is 3.17. The topological polar surface area (TPSA) is 66.4 Å². The first kappa shape index (κ1) is 17.9. The lowest BCUT2D eigenvalue weighted by Crippen LogP contribution is -2.40. The predicted octanol–water partition coefficient (Wildman–Crippen LogP) is 3.50. The summed E-state index contributed by atoms with van der Waals surface area (Å²) in [7, 11) is 0. The fraction of sp³-hybridized carbons (Fsp3) is 0.600. The van der Waals surface area contributed by atoms with E-state index in [4.69, 9.17) is 5.11 Å². The van der Waals surface area contributed by atoms with Gasteiger partial charge in [-0.2, -0.15) is 0 Å². The van der Waals surface area contributed by atoms with Gasteiger partial charge in [-0.1, -0.05) is 26.0 Å². The summed E-state index contributed by atoms with van der Waals surface area (Å²) in [5.41, 5.74) is 0.139. The molecule has 25 heavy (non-hydrogen) atoms. The maximum Gasteiger partial charge on any atom is 0.306 e. The third-order valence-corrected chi connectivity index (χ3v) is 6.21. The molecule has 0 spiro atoms. The first-order valence-electron chi connectivity index (χ1n) is 9.03. The number of benzene rings is 1. The molecule has 0 bridgehead atoms. The number of carbonyl (C=O) groups excluding carboxylic acids is 1. The van der Waals surface area contributed by atoms with Gasteiger partial charge in [-0.25, -0.2) is 4.39 Å². The number of hydrogen-bond acceptors (Lipinski definition) is 2. The normalized spacial score (nSPS) is 30.5. The SMILES string of the molecule is CC1(C)C[C@@]1(C(=O)NCC1CCC(C(=O)O)CC1)c1ccc(F)cc1. The highest BCUT2D eigenvalue weighted by Crippen LogP contribution is 2.64. The summed E-state index contributed by atoms with van der Waals surface area (Å²) in [5.74, 6) is -0.901. The minimum atomic E-state index is -0.711. The molecule has 4 nitrogen and oxygen atoms in total. The molecule has 2 aliphatic rings. The fourth-order valence-corrected chi connectivity index (χ4v) is 4.37. The maximum atomic E-state index is 13.2. The van der Waals surface area contributed by atoms with Crippen molar-refractivity contribution in [2.75, 3.05) is 6.54 Å². The van der Waals surface area contributed by atoms with Crippen LogP contribution >= 0.6 is 0 Å². The van der Waals surface area contributed by atoms with E-state index in [0.717, 1.165) is 24.8 Å². The van der Waals surface area contributed by atoms with Crippen LogP contribution in [0.1, 0.15) is 51.5 Å². The van der Waals surface area contributed by atoms with Gasteiger partial charge in [0.2, 0.25) is 5.91 Å². The molecular formula is C20H26FNO3. The second-order valence-corrected chi connectivity index (χ2v) is 8.24. The number of aliphatic carboxylic acids is 1. The van der Waals surface area contributed by atoms with Crippen LogP contribution in [0.3, 0.4) is 0 Å². The molecule has 2 aliphatic carbocycles. The van der Waals surface area contributed by atoms with Gasteiger partial charge in [0.25, 0.3) is 0 Å². The summed E-state index contributed by atoms with van der Waals surface area (Å²) in [4.78, 5) is 24.0. The van der Waals surface area contributed by atoms with Crippen molar-refractivity contribution in [1.29, 1.82) is 0 Å². The zero-order chi connectivity index (χ0) is 18.2. The Labute approximate surface area is 147 Å². The number of carboxylic acid groups (broad SMARTS) is 1. The number of carboxylic acids is 1. The predicted molar refractivity (Wildman–Crippen MR) is 92.6 cm³/mol. The molecule has 1 aromatic rings. The second kappa shape index (κ2) is 6.43. The standard InChI is InChI=1S/C20H26FNO3/c1-19(2)12-20(19,15-7-9-16(21)10-8-15)18(25)22-11-13-3-5-14(6-4-13)17(23)24/h7-10,13-14H,3-6,11-12H2,1-2H3,(H,22,25)(H,23,24)/t13?,14?,20-/m0/s1. The summed E-state index contributed by atoms with van der Waals surface area (Å²) in [6, 6.07) is 6.24. The molecule has 2 N–H and O–H groups in total. The van der Waals surface area contributed by atoms with Crippen molar-refractivity contribution >= 4 is 11.9 Å². The van der Waals surface area contributed by atoms with Gasteiger partial charge in [0, 0.05) is 6.54 Å². The van der Waals surface area contributed by atoms with Gasteiger partial charge in [-0.3, -0.25) is 9.59 Å². The van der Waals surface area contributed by atoms with Crippen LogP contribution in [0.25, 0.3) is 0 Å². The summed E-state index contributed by atoms with van der Waals surface area (Å²) in [6.07, 6.45) is 3.80. The summed E-state index contributed by atoms with van der Waals surface area (Å²) in [6.45, 7) is 4.71. The smallest absolute Gasteiger partial charge is 0.306 e. The Hall–Kier alpha value is -1.91. The van der Waals surface area contributed by atoms with E-state index in [1.807, 2.05) is 0 Å². The molecular weight excluding hydrogens is 321 g/mol. The molecule has 136 valence electrons. The molecule has 0 unspecified atom stereocenters. The zero-order valence-corrected chi connectivity index (χ0v) is 14.8. The fourth-order valence-electron chi connectivity index (χ4n) is 4.37. The average molecular weight is 347 g/mol. The number of rotatable bonds is 5. The van der Waals surface area contributed by atoms with E-state index in [1.165, 1.54) is 12.1 Å². The minimum Gasteiger partial charge on any atom is -0.481 e. The Morgan fingerprint density at radius 1 is 1.16 bits per heavy atom. The van der Waals surface area contributed by atoms with Crippen molar-refractivity contribution in [3.05, 3.63) is 35.6 Å². The van der Waals surface area contributed by atoms with Gasteiger partial charge in [0.05, 0.1) is 11.3 Å².